The van der Waals surface area contributed by atoms with Gasteiger partial charge < -0.3 is 14.8 Å². The van der Waals surface area contributed by atoms with E-state index in [9.17, 15) is 4.39 Å². The van der Waals surface area contributed by atoms with E-state index >= 15 is 0 Å². The van der Waals surface area contributed by atoms with Crippen LogP contribution in [0.2, 0.25) is 5.02 Å². The molecule has 0 bridgehead atoms. The van der Waals surface area contributed by atoms with Crippen LogP contribution in [0.3, 0.4) is 0 Å². The van der Waals surface area contributed by atoms with E-state index in [4.69, 9.17) is 21.1 Å². The molecule has 0 fully saturated rings. The Bertz CT molecular complexity index is 658. The second kappa shape index (κ2) is 8.90. The summed E-state index contributed by atoms with van der Waals surface area (Å²) in [5.41, 5.74) is 1.30. The lowest BCUT2D eigenvalue weighted by Crippen LogP contribution is -2.24. The number of rotatable bonds is 8. The molecule has 0 radical (unpaired) electrons. The number of hydrogen-bond donors (Lipinski definition) is 1. The molecule has 0 unspecified atom stereocenters. The predicted molar refractivity (Wildman–Crippen MR) is 95.3 cm³/mol. The maximum absolute atomic E-state index is 13.9. The molecule has 130 valence electrons. The first-order chi connectivity index (χ1) is 11.6. The number of hydrogen-bond acceptors (Lipinski definition) is 3. The van der Waals surface area contributed by atoms with Crippen molar-refractivity contribution in [1.29, 1.82) is 0 Å². The van der Waals surface area contributed by atoms with Crippen LogP contribution < -0.4 is 14.8 Å². The van der Waals surface area contributed by atoms with E-state index in [-0.39, 0.29) is 12.4 Å². The Labute approximate surface area is 147 Å². The molecule has 0 aromatic heterocycles. The van der Waals surface area contributed by atoms with Crippen molar-refractivity contribution < 1.29 is 13.9 Å². The van der Waals surface area contributed by atoms with Crippen LogP contribution in [-0.2, 0) is 13.2 Å². The minimum atomic E-state index is -0.378. The van der Waals surface area contributed by atoms with E-state index in [2.05, 4.69) is 19.2 Å². The van der Waals surface area contributed by atoms with Crippen LogP contribution in [0.4, 0.5) is 4.39 Å². The van der Waals surface area contributed by atoms with Crippen LogP contribution in [-0.4, -0.2) is 13.2 Å². The van der Waals surface area contributed by atoms with Crippen LogP contribution in [0.1, 0.15) is 31.4 Å². The second-order valence-electron chi connectivity index (χ2n) is 5.63. The molecule has 1 atom stereocenters. The highest BCUT2D eigenvalue weighted by Crippen LogP contribution is 2.32. The largest absolute Gasteiger partial charge is 0.493 e. The Kier molecular flexibility index (Phi) is 6.88. The van der Waals surface area contributed by atoms with Crippen LogP contribution in [0.5, 0.6) is 11.5 Å². The van der Waals surface area contributed by atoms with Gasteiger partial charge in [0, 0.05) is 23.7 Å². The molecule has 3 nitrogen and oxygen atoms in total. The summed E-state index contributed by atoms with van der Waals surface area (Å²) >= 11 is 6.07. The molecule has 2 rings (SSSR count). The van der Waals surface area contributed by atoms with Crippen molar-refractivity contribution in [2.75, 3.05) is 7.11 Å². The average Bonchev–Trinajstić information content (AvgIpc) is 2.59. The zero-order chi connectivity index (χ0) is 17.5. The number of methoxy groups -OCH3 is 1. The second-order valence-corrected chi connectivity index (χ2v) is 6.03. The Morgan fingerprint density at radius 2 is 1.96 bits per heavy atom. The summed E-state index contributed by atoms with van der Waals surface area (Å²) < 4.78 is 25.2. The minimum absolute atomic E-state index is 0.0439. The highest BCUT2D eigenvalue weighted by atomic mass is 35.5. The van der Waals surface area contributed by atoms with Crippen molar-refractivity contribution in [1.82, 2.24) is 5.32 Å². The fraction of sp³-hybridized carbons (Fsp3) is 0.368. The number of halogens is 2. The topological polar surface area (TPSA) is 30.5 Å². The molecule has 0 saturated carbocycles. The number of ether oxygens (including phenoxy) is 2. The first kappa shape index (κ1) is 18.6. The molecule has 0 aliphatic heterocycles. The molecule has 0 aliphatic carbocycles. The standard InChI is InChI=1S/C19H23ClFNO2/c1-4-13(2)22-11-14-7-5-10-18(23-3)19(14)24-12-15-16(20)8-6-9-17(15)21/h5-10,13,22H,4,11-12H2,1-3H3/t13-/m1/s1. The summed E-state index contributed by atoms with van der Waals surface area (Å²) in [5, 5.41) is 3.78. The number of para-hydroxylation sites is 1. The molecular weight excluding hydrogens is 329 g/mol. The van der Waals surface area contributed by atoms with Crippen LogP contribution in [0, 0.1) is 5.82 Å². The van der Waals surface area contributed by atoms with Gasteiger partial charge in [0.05, 0.1) is 12.1 Å². The monoisotopic (exact) mass is 351 g/mol. The molecule has 2 aromatic carbocycles. The van der Waals surface area contributed by atoms with Gasteiger partial charge in [-0.05, 0) is 31.5 Å². The Hall–Kier alpha value is -1.78. The molecular formula is C19H23ClFNO2. The maximum atomic E-state index is 13.9. The summed E-state index contributed by atoms with van der Waals surface area (Å²) in [6, 6.07) is 10.7. The smallest absolute Gasteiger partial charge is 0.166 e. The molecule has 0 saturated heterocycles. The third-order valence-corrected chi connectivity index (χ3v) is 4.31. The SMILES string of the molecule is CC[C@@H](C)NCc1cccc(OC)c1OCc1c(F)cccc1Cl. The molecule has 24 heavy (non-hydrogen) atoms. The van der Waals surface area contributed by atoms with Gasteiger partial charge in [0.25, 0.3) is 0 Å². The molecule has 0 aliphatic rings. The van der Waals surface area contributed by atoms with Crippen molar-refractivity contribution in [2.45, 2.75) is 39.5 Å². The average molecular weight is 352 g/mol. The van der Waals surface area contributed by atoms with E-state index in [0.29, 0.717) is 34.7 Å². The van der Waals surface area contributed by atoms with Gasteiger partial charge in [0.15, 0.2) is 11.5 Å². The normalized spacial score (nSPS) is 12.0. The third kappa shape index (κ3) is 4.62. The summed E-state index contributed by atoms with van der Waals surface area (Å²) in [7, 11) is 1.59. The minimum Gasteiger partial charge on any atom is -0.493 e. The molecule has 5 heteroatoms. The van der Waals surface area contributed by atoms with E-state index in [1.807, 2.05) is 18.2 Å². The van der Waals surface area contributed by atoms with Gasteiger partial charge in [-0.15, -0.1) is 0 Å². The lowest BCUT2D eigenvalue weighted by atomic mass is 10.1. The highest BCUT2D eigenvalue weighted by Gasteiger charge is 2.14. The Morgan fingerprint density at radius 3 is 2.62 bits per heavy atom. The van der Waals surface area contributed by atoms with Crippen molar-refractivity contribution in [3.63, 3.8) is 0 Å². The van der Waals surface area contributed by atoms with Gasteiger partial charge in [-0.1, -0.05) is 36.7 Å². The Balaban J connectivity index is 2.21. The zero-order valence-corrected chi connectivity index (χ0v) is 15.0. The summed E-state index contributed by atoms with van der Waals surface area (Å²) in [5.74, 6) is 0.845. The molecule has 1 N–H and O–H groups in total. The molecule has 0 heterocycles. The lowest BCUT2D eigenvalue weighted by molar-refractivity contribution is 0.275. The molecule has 0 spiro atoms. The highest BCUT2D eigenvalue weighted by molar-refractivity contribution is 6.31. The predicted octanol–water partition coefficient (Wildman–Crippen LogP) is 4.95. The van der Waals surface area contributed by atoms with Gasteiger partial charge >= 0.3 is 0 Å². The Morgan fingerprint density at radius 1 is 1.21 bits per heavy atom. The maximum Gasteiger partial charge on any atom is 0.166 e. The van der Waals surface area contributed by atoms with Crippen LogP contribution >= 0.6 is 11.6 Å². The van der Waals surface area contributed by atoms with Crippen molar-refractivity contribution in [2.24, 2.45) is 0 Å². The van der Waals surface area contributed by atoms with E-state index in [0.717, 1.165) is 12.0 Å². The van der Waals surface area contributed by atoms with Gasteiger partial charge in [-0.2, -0.15) is 0 Å². The van der Waals surface area contributed by atoms with E-state index < -0.39 is 0 Å². The molecule has 0 amide bonds. The fourth-order valence-corrected chi connectivity index (χ4v) is 2.49. The zero-order valence-electron chi connectivity index (χ0n) is 14.2. The van der Waals surface area contributed by atoms with Gasteiger partial charge in [0.1, 0.15) is 12.4 Å². The summed E-state index contributed by atoms with van der Waals surface area (Å²) in [6.45, 7) is 4.94. The first-order valence-corrected chi connectivity index (χ1v) is 8.39. The fourth-order valence-electron chi connectivity index (χ4n) is 2.27. The van der Waals surface area contributed by atoms with Crippen LogP contribution in [0.15, 0.2) is 36.4 Å². The lowest BCUT2D eigenvalue weighted by Gasteiger charge is -2.18. The van der Waals surface area contributed by atoms with Crippen molar-refractivity contribution in [3.8, 4) is 11.5 Å². The number of benzene rings is 2. The van der Waals surface area contributed by atoms with Crippen LogP contribution in [0.25, 0.3) is 0 Å². The quantitative estimate of drug-likeness (QED) is 0.729. The van der Waals surface area contributed by atoms with Gasteiger partial charge in [-0.25, -0.2) is 4.39 Å². The third-order valence-electron chi connectivity index (χ3n) is 3.96. The summed E-state index contributed by atoms with van der Waals surface area (Å²) in [4.78, 5) is 0. The van der Waals surface area contributed by atoms with E-state index in [1.54, 1.807) is 19.2 Å². The van der Waals surface area contributed by atoms with Crippen molar-refractivity contribution in [3.05, 3.63) is 58.4 Å². The van der Waals surface area contributed by atoms with Crippen molar-refractivity contribution >= 4 is 11.6 Å². The molecule has 2 aromatic rings. The van der Waals surface area contributed by atoms with Gasteiger partial charge in [-0.3, -0.25) is 0 Å². The van der Waals surface area contributed by atoms with Gasteiger partial charge in [0.2, 0.25) is 0 Å². The summed E-state index contributed by atoms with van der Waals surface area (Å²) in [6.07, 6.45) is 1.03. The van der Waals surface area contributed by atoms with E-state index in [1.165, 1.54) is 6.07 Å². The first-order valence-electron chi connectivity index (χ1n) is 8.01. The number of nitrogens with one attached hydrogen (secondary N) is 1.